The third-order valence-electron chi connectivity index (χ3n) is 4.44. The Hall–Kier alpha value is -0.210. The molecule has 2 aliphatic heterocycles. The Morgan fingerprint density at radius 3 is 2.52 bits per heavy atom. The molecule has 0 aromatic rings. The highest BCUT2D eigenvalue weighted by Gasteiger charge is 2.26. The van der Waals surface area contributed by atoms with Gasteiger partial charge in [0.05, 0.1) is 6.61 Å². The van der Waals surface area contributed by atoms with E-state index in [1.165, 1.54) is 0 Å². The lowest BCUT2D eigenvalue weighted by atomic mass is 10.1. The van der Waals surface area contributed by atoms with E-state index >= 15 is 0 Å². The standard InChI is InChI=1S/C14H29N3O3S/c1-20-11-10-16-9-6-14(13-16)12-15-21(18,19)17-7-4-2-3-5-8-17/h14-15H,2-13H2,1H3. The minimum absolute atomic E-state index is 0.420. The molecule has 2 saturated heterocycles. The summed E-state index contributed by atoms with van der Waals surface area (Å²) in [5.74, 6) is 0.420. The van der Waals surface area contributed by atoms with Crippen molar-refractivity contribution in [3.63, 3.8) is 0 Å². The highest BCUT2D eigenvalue weighted by Crippen LogP contribution is 2.16. The number of nitrogens with one attached hydrogen (secondary N) is 1. The SMILES string of the molecule is COCCN1CCC(CNS(=O)(=O)N2CCCCCC2)C1. The van der Waals surface area contributed by atoms with Crippen LogP contribution in [0.1, 0.15) is 32.1 Å². The average molecular weight is 319 g/mol. The highest BCUT2D eigenvalue weighted by atomic mass is 32.2. The first-order valence-electron chi connectivity index (χ1n) is 8.08. The second kappa shape index (κ2) is 8.43. The summed E-state index contributed by atoms with van der Waals surface area (Å²) in [6, 6.07) is 0. The van der Waals surface area contributed by atoms with Crippen molar-refractivity contribution in [3.05, 3.63) is 0 Å². The zero-order valence-electron chi connectivity index (χ0n) is 13.1. The van der Waals surface area contributed by atoms with E-state index in [-0.39, 0.29) is 0 Å². The van der Waals surface area contributed by atoms with Crippen molar-refractivity contribution in [1.82, 2.24) is 13.9 Å². The zero-order valence-corrected chi connectivity index (χ0v) is 13.9. The van der Waals surface area contributed by atoms with Crippen molar-refractivity contribution in [2.45, 2.75) is 32.1 Å². The van der Waals surface area contributed by atoms with Crippen LogP contribution in [0.15, 0.2) is 0 Å². The molecule has 21 heavy (non-hydrogen) atoms. The van der Waals surface area contributed by atoms with Crippen LogP contribution in [-0.2, 0) is 14.9 Å². The van der Waals surface area contributed by atoms with Gasteiger partial charge in [-0.25, -0.2) is 4.72 Å². The molecule has 0 saturated carbocycles. The quantitative estimate of drug-likeness (QED) is 0.749. The van der Waals surface area contributed by atoms with Crippen molar-refractivity contribution in [3.8, 4) is 0 Å². The van der Waals surface area contributed by atoms with Crippen LogP contribution >= 0.6 is 0 Å². The predicted molar refractivity (Wildman–Crippen MR) is 83.4 cm³/mol. The van der Waals surface area contributed by atoms with E-state index in [1.807, 2.05) is 0 Å². The molecule has 0 bridgehead atoms. The fourth-order valence-electron chi connectivity index (χ4n) is 3.10. The molecule has 1 unspecified atom stereocenters. The van der Waals surface area contributed by atoms with Crippen LogP contribution in [0.5, 0.6) is 0 Å². The number of rotatable bonds is 7. The van der Waals surface area contributed by atoms with E-state index < -0.39 is 10.2 Å². The molecule has 0 aromatic carbocycles. The van der Waals surface area contributed by atoms with E-state index in [9.17, 15) is 8.42 Å². The largest absolute Gasteiger partial charge is 0.383 e. The summed E-state index contributed by atoms with van der Waals surface area (Å²) in [5.41, 5.74) is 0. The lowest BCUT2D eigenvalue weighted by Crippen LogP contribution is -2.43. The molecule has 0 radical (unpaired) electrons. The van der Waals surface area contributed by atoms with Gasteiger partial charge in [-0.3, -0.25) is 0 Å². The summed E-state index contributed by atoms with van der Waals surface area (Å²) in [4.78, 5) is 2.34. The molecule has 0 spiro atoms. The summed E-state index contributed by atoms with van der Waals surface area (Å²) in [6.07, 6.45) is 5.31. The van der Waals surface area contributed by atoms with E-state index in [1.54, 1.807) is 11.4 Å². The Bertz CT molecular complexity index is 394. The Kier molecular flexibility index (Phi) is 6.88. The van der Waals surface area contributed by atoms with Crippen LogP contribution in [-0.4, -0.2) is 70.6 Å². The number of ether oxygens (including phenoxy) is 1. The second-order valence-corrected chi connectivity index (χ2v) is 7.87. The Balaban J connectivity index is 1.74. The molecular weight excluding hydrogens is 290 g/mol. The van der Waals surface area contributed by atoms with Crippen molar-refractivity contribution in [1.29, 1.82) is 0 Å². The van der Waals surface area contributed by atoms with Crippen LogP contribution < -0.4 is 4.72 Å². The molecule has 1 atom stereocenters. The average Bonchev–Trinajstić information content (AvgIpc) is 2.73. The molecule has 0 aromatic heterocycles. The molecule has 2 aliphatic rings. The van der Waals surface area contributed by atoms with Gasteiger partial charge in [0.2, 0.25) is 0 Å². The van der Waals surface area contributed by atoms with Gasteiger partial charge in [-0.05, 0) is 31.7 Å². The van der Waals surface area contributed by atoms with Gasteiger partial charge in [0.1, 0.15) is 0 Å². The summed E-state index contributed by atoms with van der Waals surface area (Å²) in [5, 5.41) is 0. The number of methoxy groups -OCH3 is 1. The molecule has 2 rings (SSSR count). The van der Waals surface area contributed by atoms with Crippen molar-refractivity contribution >= 4 is 10.2 Å². The van der Waals surface area contributed by atoms with Crippen LogP contribution in [0.2, 0.25) is 0 Å². The molecule has 6 nitrogen and oxygen atoms in total. The predicted octanol–water partition coefficient (Wildman–Crippen LogP) is 0.665. The van der Waals surface area contributed by atoms with Gasteiger partial charge in [0, 0.05) is 39.8 Å². The van der Waals surface area contributed by atoms with Gasteiger partial charge >= 0.3 is 0 Å². The fourth-order valence-corrected chi connectivity index (χ4v) is 4.47. The van der Waals surface area contributed by atoms with Gasteiger partial charge in [-0.1, -0.05) is 12.8 Å². The first-order chi connectivity index (χ1) is 10.1. The van der Waals surface area contributed by atoms with Crippen molar-refractivity contribution in [2.24, 2.45) is 5.92 Å². The Labute approximate surface area is 129 Å². The third-order valence-corrected chi connectivity index (χ3v) is 6.02. The van der Waals surface area contributed by atoms with Gasteiger partial charge in [0.25, 0.3) is 10.2 Å². The lowest BCUT2D eigenvalue weighted by Gasteiger charge is -2.21. The van der Waals surface area contributed by atoms with E-state index in [0.29, 0.717) is 25.6 Å². The molecule has 0 aliphatic carbocycles. The summed E-state index contributed by atoms with van der Waals surface area (Å²) >= 11 is 0. The van der Waals surface area contributed by atoms with E-state index in [2.05, 4.69) is 9.62 Å². The lowest BCUT2D eigenvalue weighted by molar-refractivity contribution is 0.159. The zero-order chi connectivity index (χ0) is 15.1. The minimum Gasteiger partial charge on any atom is -0.383 e. The molecule has 7 heteroatoms. The molecule has 124 valence electrons. The second-order valence-electron chi connectivity index (χ2n) is 6.11. The van der Waals surface area contributed by atoms with Gasteiger partial charge in [0.15, 0.2) is 0 Å². The van der Waals surface area contributed by atoms with Crippen LogP contribution in [0.3, 0.4) is 0 Å². The number of nitrogens with zero attached hydrogens (tertiary/aromatic N) is 2. The summed E-state index contributed by atoms with van der Waals surface area (Å²) in [6.45, 7) is 5.58. The van der Waals surface area contributed by atoms with Crippen LogP contribution in [0.4, 0.5) is 0 Å². The number of hydrogen-bond acceptors (Lipinski definition) is 4. The van der Waals surface area contributed by atoms with Crippen molar-refractivity contribution < 1.29 is 13.2 Å². The van der Waals surface area contributed by atoms with Crippen LogP contribution in [0, 0.1) is 5.92 Å². The van der Waals surface area contributed by atoms with Gasteiger partial charge in [-0.15, -0.1) is 0 Å². The Morgan fingerprint density at radius 1 is 1.14 bits per heavy atom. The molecule has 2 heterocycles. The first-order valence-corrected chi connectivity index (χ1v) is 9.52. The smallest absolute Gasteiger partial charge is 0.279 e. The molecule has 0 amide bonds. The topological polar surface area (TPSA) is 61.9 Å². The van der Waals surface area contributed by atoms with Gasteiger partial charge < -0.3 is 9.64 Å². The fraction of sp³-hybridized carbons (Fsp3) is 1.00. The molecular formula is C14H29N3O3S. The maximum absolute atomic E-state index is 12.3. The number of likely N-dealkylation sites (tertiary alicyclic amines) is 1. The third kappa shape index (κ3) is 5.49. The molecule has 1 N–H and O–H groups in total. The maximum atomic E-state index is 12.3. The number of hydrogen-bond donors (Lipinski definition) is 1. The monoisotopic (exact) mass is 319 g/mol. The molecule has 2 fully saturated rings. The summed E-state index contributed by atoms with van der Waals surface area (Å²) in [7, 11) is -1.58. The summed E-state index contributed by atoms with van der Waals surface area (Å²) < 4.78 is 34.2. The van der Waals surface area contributed by atoms with E-state index in [4.69, 9.17) is 4.74 Å². The van der Waals surface area contributed by atoms with E-state index in [0.717, 1.165) is 58.3 Å². The first kappa shape index (κ1) is 17.1. The highest BCUT2D eigenvalue weighted by molar-refractivity contribution is 7.87. The Morgan fingerprint density at radius 2 is 1.86 bits per heavy atom. The maximum Gasteiger partial charge on any atom is 0.279 e. The van der Waals surface area contributed by atoms with Crippen LogP contribution in [0.25, 0.3) is 0 Å². The van der Waals surface area contributed by atoms with Crippen molar-refractivity contribution in [2.75, 3.05) is 53.0 Å². The minimum atomic E-state index is -3.29. The normalized spacial score (nSPS) is 26.0. The van der Waals surface area contributed by atoms with Gasteiger partial charge in [-0.2, -0.15) is 12.7 Å².